The lowest BCUT2D eigenvalue weighted by molar-refractivity contribution is -0.359. The molecule has 0 aliphatic carbocycles. The van der Waals surface area contributed by atoms with E-state index in [1.165, 1.54) is 186 Å². The highest BCUT2D eigenvalue weighted by Crippen LogP contribution is 2.30. The molecular formula is C62H117NO13. The minimum Gasteiger partial charge on any atom is -0.394 e. The number of aliphatic hydroxyl groups excluding tert-OH is 8. The standard InChI is InChI=1S/C62H117NO13/c1-3-5-7-9-11-13-15-17-18-19-20-21-22-23-24-25-26-27-28-29-30-31-32-34-35-37-39-41-43-45-51(66)50(63-54(67)46-44-42-40-38-36-33-16-14-12-10-8-6-4-2)49-73-61-59(72)57(70)60(53(48-65)75-61)76-62-58(71)56(69)55(68)52(47-64)74-62/h14,16,43,45,50-53,55-62,64-66,68-72H,3-13,15,17-42,44,46-49H2,1-2H3,(H,63,67)/b16-14-,45-43+. The molecule has 9 N–H and O–H groups in total. The van der Waals surface area contributed by atoms with E-state index in [1.807, 2.05) is 6.08 Å². The molecule has 2 aliphatic heterocycles. The Hall–Kier alpha value is -1.53. The van der Waals surface area contributed by atoms with Crippen LogP contribution >= 0.6 is 0 Å². The van der Waals surface area contributed by atoms with Crippen molar-refractivity contribution in [3.63, 3.8) is 0 Å². The molecule has 448 valence electrons. The maximum absolute atomic E-state index is 13.2. The van der Waals surface area contributed by atoms with Gasteiger partial charge in [0.15, 0.2) is 12.6 Å². The molecule has 2 saturated heterocycles. The molecule has 76 heavy (non-hydrogen) atoms. The van der Waals surface area contributed by atoms with Crippen molar-refractivity contribution in [3.8, 4) is 0 Å². The molecule has 0 saturated carbocycles. The summed E-state index contributed by atoms with van der Waals surface area (Å²) < 4.78 is 22.8. The Morgan fingerprint density at radius 1 is 0.461 bits per heavy atom. The number of unbranched alkanes of at least 4 members (excludes halogenated alkanes) is 36. The van der Waals surface area contributed by atoms with Gasteiger partial charge in [-0.05, 0) is 44.9 Å². The first-order valence-corrected chi connectivity index (χ1v) is 31.6. The zero-order chi connectivity index (χ0) is 55.3. The van der Waals surface area contributed by atoms with Gasteiger partial charge in [0.25, 0.3) is 0 Å². The molecule has 0 radical (unpaired) electrons. The third-order valence-electron chi connectivity index (χ3n) is 15.6. The van der Waals surface area contributed by atoms with E-state index in [-0.39, 0.29) is 18.9 Å². The first-order valence-electron chi connectivity index (χ1n) is 31.6. The second-order valence-corrected chi connectivity index (χ2v) is 22.5. The molecule has 0 aromatic heterocycles. The highest BCUT2D eigenvalue weighted by Gasteiger charge is 2.51. The summed E-state index contributed by atoms with van der Waals surface area (Å²) in [5.74, 6) is -0.246. The Morgan fingerprint density at radius 2 is 0.829 bits per heavy atom. The molecule has 14 heteroatoms. The molecule has 2 aliphatic rings. The Balaban J connectivity index is 1.68. The van der Waals surface area contributed by atoms with Gasteiger partial charge in [-0.25, -0.2) is 0 Å². The van der Waals surface area contributed by atoms with Gasteiger partial charge >= 0.3 is 0 Å². The Bertz CT molecular complexity index is 1370. The van der Waals surface area contributed by atoms with Gasteiger partial charge in [0.05, 0.1) is 32.0 Å². The van der Waals surface area contributed by atoms with Gasteiger partial charge in [-0.15, -0.1) is 0 Å². The number of allylic oxidation sites excluding steroid dienone is 3. The summed E-state index contributed by atoms with van der Waals surface area (Å²) in [6.45, 7) is 2.80. The lowest BCUT2D eigenvalue weighted by Crippen LogP contribution is -2.65. The van der Waals surface area contributed by atoms with Crippen molar-refractivity contribution in [2.75, 3.05) is 19.8 Å². The van der Waals surface area contributed by atoms with Crippen LogP contribution in [0.25, 0.3) is 0 Å². The van der Waals surface area contributed by atoms with Crippen LogP contribution in [0.1, 0.15) is 271 Å². The SMILES string of the molecule is CCCCCC/C=C\CCCCCCCC(=O)NC(COC1OC(CO)C(OC2OC(CO)C(O)C(O)C2O)C(O)C1O)C(O)/C=C/CCCCCCCCCCCCCCCCCCCCCCCCCCCCC. The highest BCUT2D eigenvalue weighted by atomic mass is 16.7. The van der Waals surface area contributed by atoms with Crippen LogP contribution in [0.4, 0.5) is 0 Å². The first kappa shape index (κ1) is 70.6. The maximum Gasteiger partial charge on any atom is 0.220 e. The zero-order valence-electron chi connectivity index (χ0n) is 48.3. The molecule has 12 unspecified atom stereocenters. The van der Waals surface area contributed by atoms with Crippen molar-refractivity contribution in [3.05, 3.63) is 24.3 Å². The number of hydrogen-bond donors (Lipinski definition) is 9. The fourth-order valence-electron chi connectivity index (χ4n) is 10.5. The van der Waals surface area contributed by atoms with Crippen LogP contribution in [0.15, 0.2) is 24.3 Å². The summed E-state index contributed by atoms with van der Waals surface area (Å²) in [4.78, 5) is 13.2. The van der Waals surface area contributed by atoms with Crippen LogP contribution in [0.3, 0.4) is 0 Å². The van der Waals surface area contributed by atoms with E-state index in [2.05, 4.69) is 31.3 Å². The predicted octanol–water partition coefficient (Wildman–Crippen LogP) is 11.2. The second-order valence-electron chi connectivity index (χ2n) is 22.5. The van der Waals surface area contributed by atoms with Gasteiger partial charge in [-0.2, -0.15) is 0 Å². The number of nitrogens with one attached hydrogen (secondary N) is 1. The monoisotopic (exact) mass is 1080 g/mol. The molecular weight excluding hydrogens is 967 g/mol. The lowest BCUT2D eigenvalue weighted by atomic mass is 9.97. The van der Waals surface area contributed by atoms with Crippen LogP contribution in [0.2, 0.25) is 0 Å². The fourth-order valence-corrected chi connectivity index (χ4v) is 10.5. The van der Waals surface area contributed by atoms with E-state index in [0.717, 1.165) is 57.8 Å². The summed E-state index contributed by atoms with van der Waals surface area (Å²) in [7, 11) is 0. The van der Waals surface area contributed by atoms with Crippen molar-refractivity contribution >= 4 is 5.91 Å². The van der Waals surface area contributed by atoms with E-state index < -0.39 is 86.8 Å². The van der Waals surface area contributed by atoms with Gasteiger partial charge in [0.2, 0.25) is 5.91 Å². The highest BCUT2D eigenvalue weighted by molar-refractivity contribution is 5.76. The van der Waals surface area contributed by atoms with Crippen LogP contribution in [0.5, 0.6) is 0 Å². The van der Waals surface area contributed by atoms with E-state index in [0.29, 0.717) is 6.42 Å². The number of ether oxygens (including phenoxy) is 4. The minimum atomic E-state index is -1.79. The maximum atomic E-state index is 13.2. The second kappa shape index (κ2) is 48.2. The lowest BCUT2D eigenvalue weighted by Gasteiger charge is -2.46. The summed E-state index contributed by atoms with van der Waals surface area (Å²) >= 11 is 0. The average molecular weight is 1080 g/mol. The number of amides is 1. The number of rotatable bonds is 51. The van der Waals surface area contributed by atoms with Gasteiger partial charge in [0, 0.05) is 6.42 Å². The molecule has 12 atom stereocenters. The molecule has 0 aromatic carbocycles. The Labute approximate surface area is 462 Å². The topological polar surface area (TPSA) is 228 Å². The molecule has 0 spiro atoms. The van der Waals surface area contributed by atoms with Crippen molar-refractivity contribution in [2.45, 2.75) is 344 Å². The zero-order valence-corrected chi connectivity index (χ0v) is 48.3. The van der Waals surface area contributed by atoms with Crippen molar-refractivity contribution in [1.82, 2.24) is 5.32 Å². The third-order valence-corrected chi connectivity index (χ3v) is 15.6. The third kappa shape index (κ3) is 33.3. The predicted molar refractivity (Wildman–Crippen MR) is 305 cm³/mol. The molecule has 2 heterocycles. The van der Waals surface area contributed by atoms with Gasteiger partial charge < -0.3 is 65.1 Å². The van der Waals surface area contributed by atoms with E-state index in [1.54, 1.807) is 6.08 Å². The summed E-state index contributed by atoms with van der Waals surface area (Å²) in [6, 6.07) is -0.917. The molecule has 14 nitrogen and oxygen atoms in total. The van der Waals surface area contributed by atoms with Crippen LogP contribution < -0.4 is 5.32 Å². The van der Waals surface area contributed by atoms with Gasteiger partial charge in [0.1, 0.15) is 48.8 Å². The van der Waals surface area contributed by atoms with E-state index in [9.17, 15) is 45.6 Å². The van der Waals surface area contributed by atoms with E-state index in [4.69, 9.17) is 18.9 Å². The quantitative estimate of drug-likeness (QED) is 0.0204. The van der Waals surface area contributed by atoms with Crippen LogP contribution in [0, 0.1) is 0 Å². The number of aliphatic hydroxyl groups is 8. The average Bonchev–Trinajstić information content (AvgIpc) is 3.42. The first-order chi connectivity index (χ1) is 37.1. The summed E-state index contributed by atoms with van der Waals surface area (Å²) in [5, 5.41) is 87.1. The number of carbonyl (C=O) groups is 1. The normalized spacial score (nSPS) is 25.0. The Morgan fingerprint density at radius 3 is 1.26 bits per heavy atom. The number of carbonyl (C=O) groups excluding carboxylic acids is 1. The van der Waals surface area contributed by atoms with Crippen LogP contribution in [-0.2, 0) is 23.7 Å². The fraction of sp³-hybridized carbons (Fsp3) is 0.919. The molecule has 0 bridgehead atoms. The largest absolute Gasteiger partial charge is 0.394 e. The Kier molecular flexibility index (Phi) is 44.8. The van der Waals surface area contributed by atoms with Gasteiger partial charge in [-0.1, -0.05) is 244 Å². The van der Waals surface area contributed by atoms with Crippen molar-refractivity contribution in [1.29, 1.82) is 0 Å². The minimum absolute atomic E-state index is 0.246. The summed E-state index contributed by atoms with van der Waals surface area (Å²) in [6.07, 6.45) is 41.0. The smallest absolute Gasteiger partial charge is 0.220 e. The molecule has 1 amide bonds. The molecule has 2 fully saturated rings. The molecule has 0 aromatic rings. The van der Waals surface area contributed by atoms with E-state index >= 15 is 0 Å². The molecule has 2 rings (SSSR count). The van der Waals surface area contributed by atoms with Gasteiger partial charge in [-0.3, -0.25) is 4.79 Å². The van der Waals surface area contributed by atoms with Crippen molar-refractivity contribution < 1.29 is 64.6 Å². The summed E-state index contributed by atoms with van der Waals surface area (Å²) in [5.41, 5.74) is 0. The number of hydrogen-bond acceptors (Lipinski definition) is 13. The van der Waals surface area contributed by atoms with Crippen molar-refractivity contribution in [2.24, 2.45) is 0 Å². The van der Waals surface area contributed by atoms with Crippen LogP contribution in [-0.4, -0.2) is 140 Å².